The lowest BCUT2D eigenvalue weighted by Crippen LogP contribution is -2.45. The molecule has 0 aromatic rings. The molecule has 0 heterocycles. The van der Waals surface area contributed by atoms with Gasteiger partial charge in [-0.2, -0.15) is 0 Å². The van der Waals surface area contributed by atoms with E-state index in [2.05, 4.69) is 31.2 Å². The van der Waals surface area contributed by atoms with Gasteiger partial charge in [-0.25, -0.2) is 0 Å². The van der Waals surface area contributed by atoms with Crippen LogP contribution in [0.4, 0.5) is 0 Å². The molecule has 0 amide bonds. The molecule has 16 heavy (non-hydrogen) atoms. The van der Waals surface area contributed by atoms with Crippen LogP contribution in [0, 0.1) is 11.8 Å². The van der Waals surface area contributed by atoms with E-state index in [1.807, 2.05) is 0 Å². The van der Waals surface area contributed by atoms with E-state index in [4.69, 9.17) is 5.73 Å². The molecule has 1 aliphatic carbocycles. The first-order valence-electron chi connectivity index (χ1n) is 6.71. The van der Waals surface area contributed by atoms with Crippen LogP contribution in [-0.2, 0) is 0 Å². The number of rotatable bonds is 6. The predicted molar refractivity (Wildman–Crippen MR) is 70.5 cm³/mol. The van der Waals surface area contributed by atoms with Crippen LogP contribution in [0.3, 0.4) is 0 Å². The maximum absolute atomic E-state index is 5.88. The van der Waals surface area contributed by atoms with E-state index in [9.17, 15) is 0 Å². The van der Waals surface area contributed by atoms with Gasteiger partial charge in [-0.05, 0) is 38.8 Å². The van der Waals surface area contributed by atoms with Crippen molar-refractivity contribution in [3.8, 4) is 0 Å². The van der Waals surface area contributed by atoms with Crippen LogP contribution < -0.4 is 11.1 Å². The summed E-state index contributed by atoms with van der Waals surface area (Å²) in [5, 5.41) is 3.62. The number of likely N-dealkylation sites (N-methyl/N-ethyl adjacent to an activating group) is 1. The van der Waals surface area contributed by atoms with Crippen molar-refractivity contribution < 1.29 is 0 Å². The Morgan fingerprint density at radius 3 is 2.38 bits per heavy atom. The molecule has 3 N–H and O–H groups in total. The smallest absolute Gasteiger partial charge is 0.0219 e. The number of hydrogen-bond donors (Lipinski definition) is 2. The quantitative estimate of drug-likeness (QED) is 0.718. The van der Waals surface area contributed by atoms with Crippen LogP contribution in [0.5, 0.6) is 0 Å². The van der Waals surface area contributed by atoms with Crippen molar-refractivity contribution in [2.45, 2.75) is 38.6 Å². The van der Waals surface area contributed by atoms with Crippen molar-refractivity contribution in [2.24, 2.45) is 17.6 Å². The first kappa shape index (κ1) is 13.9. The zero-order chi connectivity index (χ0) is 12.0. The molecule has 3 nitrogen and oxygen atoms in total. The molecule has 0 aromatic carbocycles. The van der Waals surface area contributed by atoms with Gasteiger partial charge in [0.25, 0.3) is 0 Å². The fourth-order valence-electron chi connectivity index (χ4n) is 2.60. The fourth-order valence-corrected chi connectivity index (χ4v) is 2.60. The molecule has 0 aromatic heterocycles. The Bertz CT molecular complexity index is 174. The molecule has 1 aliphatic rings. The number of nitrogens with one attached hydrogen (secondary N) is 1. The lowest BCUT2D eigenvalue weighted by molar-refractivity contribution is 0.229. The van der Waals surface area contributed by atoms with Crippen LogP contribution in [0.2, 0.25) is 0 Å². The van der Waals surface area contributed by atoms with Crippen LogP contribution in [0.25, 0.3) is 0 Å². The minimum atomic E-state index is 0.535. The minimum absolute atomic E-state index is 0.535. The molecule has 1 fully saturated rings. The Labute approximate surface area is 101 Å². The molecule has 0 saturated heterocycles. The number of nitrogens with zero attached hydrogens (tertiary/aromatic N) is 1. The molecule has 96 valence electrons. The molecule has 0 aliphatic heterocycles. The molecule has 1 saturated carbocycles. The van der Waals surface area contributed by atoms with Crippen molar-refractivity contribution in [2.75, 3.05) is 33.7 Å². The standard InChI is InChI=1S/C13H29N3/c1-11-4-6-12(7-5-11)13(10-14)15-8-9-16(2)3/h11-13,15H,4-10,14H2,1-3H3. The highest BCUT2D eigenvalue weighted by Gasteiger charge is 2.24. The fraction of sp³-hybridized carbons (Fsp3) is 1.00. The molecule has 1 unspecified atom stereocenters. The van der Waals surface area contributed by atoms with Gasteiger partial charge in [-0.3, -0.25) is 0 Å². The second kappa shape index (κ2) is 7.25. The van der Waals surface area contributed by atoms with Crippen LogP contribution >= 0.6 is 0 Å². The maximum atomic E-state index is 5.88. The average Bonchev–Trinajstić information content (AvgIpc) is 2.26. The zero-order valence-corrected chi connectivity index (χ0v) is 11.2. The third-order valence-electron chi connectivity index (χ3n) is 3.85. The third-order valence-corrected chi connectivity index (χ3v) is 3.85. The highest BCUT2D eigenvalue weighted by Crippen LogP contribution is 2.30. The molecule has 1 atom stereocenters. The Morgan fingerprint density at radius 1 is 1.25 bits per heavy atom. The second-order valence-electron chi connectivity index (χ2n) is 5.62. The molecule has 0 spiro atoms. The summed E-state index contributed by atoms with van der Waals surface area (Å²) in [5.41, 5.74) is 5.88. The van der Waals surface area contributed by atoms with Gasteiger partial charge in [0.2, 0.25) is 0 Å². The number of hydrogen-bond acceptors (Lipinski definition) is 3. The van der Waals surface area contributed by atoms with E-state index in [0.717, 1.165) is 31.5 Å². The van der Waals surface area contributed by atoms with Gasteiger partial charge in [0.05, 0.1) is 0 Å². The summed E-state index contributed by atoms with van der Waals surface area (Å²) < 4.78 is 0. The average molecular weight is 227 g/mol. The normalized spacial score (nSPS) is 28.3. The molecular weight excluding hydrogens is 198 g/mol. The van der Waals surface area contributed by atoms with Gasteiger partial charge in [-0.15, -0.1) is 0 Å². The van der Waals surface area contributed by atoms with Gasteiger partial charge in [0.15, 0.2) is 0 Å². The van der Waals surface area contributed by atoms with Gasteiger partial charge < -0.3 is 16.0 Å². The van der Waals surface area contributed by atoms with E-state index in [1.165, 1.54) is 25.7 Å². The van der Waals surface area contributed by atoms with E-state index >= 15 is 0 Å². The summed E-state index contributed by atoms with van der Waals surface area (Å²) in [6.07, 6.45) is 5.49. The summed E-state index contributed by atoms with van der Waals surface area (Å²) in [5.74, 6) is 1.74. The third kappa shape index (κ3) is 4.81. The van der Waals surface area contributed by atoms with E-state index in [-0.39, 0.29) is 0 Å². The van der Waals surface area contributed by atoms with Crippen LogP contribution in [0.15, 0.2) is 0 Å². The first-order chi connectivity index (χ1) is 7.63. The first-order valence-corrected chi connectivity index (χ1v) is 6.71. The SMILES string of the molecule is CC1CCC(C(CN)NCCN(C)C)CC1. The van der Waals surface area contributed by atoms with E-state index in [0.29, 0.717) is 6.04 Å². The summed E-state index contributed by atoms with van der Waals surface area (Å²) in [6, 6.07) is 0.535. The van der Waals surface area contributed by atoms with Crippen LogP contribution in [0.1, 0.15) is 32.6 Å². The van der Waals surface area contributed by atoms with Crippen LogP contribution in [-0.4, -0.2) is 44.7 Å². The lowest BCUT2D eigenvalue weighted by atomic mass is 9.79. The Kier molecular flexibility index (Phi) is 6.32. The monoisotopic (exact) mass is 227 g/mol. The van der Waals surface area contributed by atoms with Crippen molar-refractivity contribution in [3.05, 3.63) is 0 Å². The summed E-state index contributed by atoms with van der Waals surface area (Å²) >= 11 is 0. The molecular formula is C13H29N3. The Morgan fingerprint density at radius 2 is 1.88 bits per heavy atom. The highest BCUT2D eigenvalue weighted by molar-refractivity contribution is 4.81. The largest absolute Gasteiger partial charge is 0.329 e. The molecule has 3 heteroatoms. The van der Waals surface area contributed by atoms with Crippen molar-refractivity contribution >= 4 is 0 Å². The Balaban J connectivity index is 2.24. The highest BCUT2D eigenvalue weighted by atomic mass is 15.1. The summed E-state index contributed by atoms with van der Waals surface area (Å²) in [4.78, 5) is 2.21. The second-order valence-corrected chi connectivity index (χ2v) is 5.62. The molecule has 0 radical (unpaired) electrons. The topological polar surface area (TPSA) is 41.3 Å². The minimum Gasteiger partial charge on any atom is -0.329 e. The lowest BCUT2D eigenvalue weighted by Gasteiger charge is -2.33. The maximum Gasteiger partial charge on any atom is 0.0219 e. The Hall–Kier alpha value is -0.120. The predicted octanol–water partition coefficient (Wildman–Crippen LogP) is 1.29. The van der Waals surface area contributed by atoms with Crippen molar-refractivity contribution in [1.29, 1.82) is 0 Å². The molecule has 1 rings (SSSR count). The van der Waals surface area contributed by atoms with E-state index < -0.39 is 0 Å². The van der Waals surface area contributed by atoms with Gasteiger partial charge in [0.1, 0.15) is 0 Å². The molecule has 0 bridgehead atoms. The van der Waals surface area contributed by atoms with Gasteiger partial charge in [0, 0.05) is 25.7 Å². The van der Waals surface area contributed by atoms with Gasteiger partial charge in [-0.1, -0.05) is 19.8 Å². The van der Waals surface area contributed by atoms with E-state index in [1.54, 1.807) is 0 Å². The number of nitrogens with two attached hydrogens (primary N) is 1. The van der Waals surface area contributed by atoms with Crippen molar-refractivity contribution in [1.82, 2.24) is 10.2 Å². The summed E-state index contributed by atoms with van der Waals surface area (Å²) in [6.45, 7) is 5.31. The van der Waals surface area contributed by atoms with Crippen molar-refractivity contribution in [3.63, 3.8) is 0 Å². The zero-order valence-electron chi connectivity index (χ0n) is 11.2. The van der Waals surface area contributed by atoms with Gasteiger partial charge >= 0.3 is 0 Å². The summed E-state index contributed by atoms with van der Waals surface area (Å²) in [7, 11) is 4.23.